The van der Waals surface area contributed by atoms with E-state index < -0.39 is 4.92 Å². The molecule has 1 aromatic rings. The maximum atomic E-state index is 11.0. The lowest BCUT2D eigenvalue weighted by atomic mass is 10.1. The molecule has 1 fully saturated rings. The van der Waals surface area contributed by atoms with Crippen LogP contribution in [0.1, 0.15) is 26.2 Å². The average molecular weight is 298 g/mol. The fourth-order valence-corrected chi connectivity index (χ4v) is 2.81. The quantitative estimate of drug-likeness (QED) is 0.667. The number of rotatable bonds is 5. The number of halogens is 1. The van der Waals surface area contributed by atoms with Crippen molar-refractivity contribution in [1.82, 2.24) is 4.90 Å². The number of nitrogens with one attached hydrogen (secondary N) is 1. The summed E-state index contributed by atoms with van der Waals surface area (Å²) in [7, 11) is 0. The normalized spacial score (nSPS) is 17.7. The van der Waals surface area contributed by atoms with Gasteiger partial charge in [0, 0.05) is 18.7 Å². The van der Waals surface area contributed by atoms with Crippen molar-refractivity contribution in [2.45, 2.75) is 32.2 Å². The van der Waals surface area contributed by atoms with Crippen LogP contribution in [0.4, 0.5) is 11.4 Å². The number of piperidine rings is 1. The van der Waals surface area contributed by atoms with Gasteiger partial charge in [0.15, 0.2) is 0 Å². The Hall–Kier alpha value is -1.33. The van der Waals surface area contributed by atoms with Crippen LogP contribution in [0.3, 0.4) is 0 Å². The molecule has 110 valence electrons. The first-order valence-corrected chi connectivity index (χ1v) is 7.38. The second kappa shape index (κ2) is 6.90. The first-order chi connectivity index (χ1) is 9.59. The molecule has 0 saturated carbocycles. The summed E-state index contributed by atoms with van der Waals surface area (Å²) in [5.74, 6) is 0. The van der Waals surface area contributed by atoms with Crippen LogP contribution in [-0.2, 0) is 0 Å². The highest BCUT2D eigenvalue weighted by Crippen LogP contribution is 2.31. The Bertz CT molecular complexity index is 475. The molecule has 1 atom stereocenters. The highest BCUT2D eigenvalue weighted by atomic mass is 35.5. The Morgan fingerprint density at radius 3 is 2.75 bits per heavy atom. The summed E-state index contributed by atoms with van der Waals surface area (Å²) < 4.78 is 0. The number of benzene rings is 1. The summed E-state index contributed by atoms with van der Waals surface area (Å²) in [6.45, 7) is 5.01. The number of nitro groups is 1. The Labute approximate surface area is 124 Å². The Kier molecular flexibility index (Phi) is 5.20. The van der Waals surface area contributed by atoms with Gasteiger partial charge in [-0.15, -0.1) is 0 Å². The molecule has 2 rings (SSSR count). The third-order valence-corrected chi connectivity index (χ3v) is 4.09. The fourth-order valence-electron chi connectivity index (χ4n) is 2.58. The van der Waals surface area contributed by atoms with E-state index in [0.717, 1.165) is 13.1 Å². The summed E-state index contributed by atoms with van der Waals surface area (Å²) in [4.78, 5) is 13.0. The molecule has 1 aliphatic rings. The van der Waals surface area contributed by atoms with Gasteiger partial charge in [-0.05, 0) is 38.9 Å². The monoisotopic (exact) mass is 297 g/mol. The number of hydrogen-bond donors (Lipinski definition) is 1. The zero-order chi connectivity index (χ0) is 14.5. The molecule has 1 aliphatic heterocycles. The summed E-state index contributed by atoms with van der Waals surface area (Å²) in [5, 5.41) is 14.6. The first kappa shape index (κ1) is 15.1. The number of nitrogens with zero attached hydrogens (tertiary/aromatic N) is 2. The summed E-state index contributed by atoms with van der Waals surface area (Å²) >= 11 is 6.06. The highest BCUT2D eigenvalue weighted by molar-refractivity contribution is 6.33. The van der Waals surface area contributed by atoms with E-state index >= 15 is 0 Å². The van der Waals surface area contributed by atoms with Crippen molar-refractivity contribution < 1.29 is 4.92 Å². The Morgan fingerprint density at radius 1 is 1.40 bits per heavy atom. The SMILES string of the molecule is CC(CNc1c(Cl)cccc1[N+](=O)[O-])N1CCCCC1. The topological polar surface area (TPSA) is 58.4 Å². The van der Waals surface area contributed by atoms with E-state index in [1.807, 2.05) is 0 Å². The van der Waals surface area contributed by atoms with Crippen LogP contribution in [-0.4, -0.2) is 35.5 Å². The molecule has 0 aromatic heterocycles. The fraction of sp³-hybridized carbons (Fsp3) is 0.571. The van der Waals surface area contributed by atoms with Crippen LogP contribution >= 0.6 is 11.6 Å². The van der Waals surface area contributed by atoms with Gasteiger partial charge in [-0.1, -0.05) is 24.1 Å². The van der Waals surface area contributed by atoms with Gasteiger partial charge in [-0.3, -0.25) is 15.0 Å². The molecule has 1 N–H and O–H groups in total. The Balaban J connectivity index is 2.01. The minimum Gasteiger partial charge on any atom is -0.377 e. The molecule has 0 amide bonds. The van der Waals surface area contributed by atoms with E-state index in [9.17, 15) is 10.1 Å². The minimum absolute atomic E-state index is 0.0309. The van der Waals surface area contributed by atoms with E-state index in [1.165, 1.54) is 25.3 Å². The standard InChI is InChI=1S/C14H20ClN3O2/c1-11(17-8-3-2-4-9-17)10-16-14-12(15)6-5-7-13(14)18(19)20/h5-7,11,16H,2-4,8-10H2,1H3. The second-order valence-corrected chi connectivity index (χ2v) is 5.62. The number of hydrogen-bond acceptors (Lipinski definition) is 4. The predicted molar refractivity (Wildman–Crippen MR) is 81.5 cm³/mol. The average Bonchev–Trinajstić information content (AvgIpc) is 2.46. The summed E-state index contributed by atoms with van der Waals surface area (Å²) in [6, 6.07) is 5.08. The van der Waals surface area contributed by atoms with Crippen molar-refractivity contribution in [2.24, 2.45) is 0 Å². The zero-order valence-corrected chi connectivity index (χ0v) is 12.4. The van der Waals surface area contributed by atoms with Crippen LogP contribution in [0, 0.1) is 10.1 Å². The third kappa shape index (κ3) is 3.61. The van der Waals surface area contributed by atoms with Crippen molar-refractivity contribution in [3.8, 4) is 0 Å². The van der Waals surface area contributed by atoms with Crippen molar-refractivity contribution in [3.63, 3.8) is 0 Å². The number of nitro benzene ring substituents is 1. The largest absolute Gasteiger partial charge is 0.377 e. The minimum atomic E-state index is -0.403. The second-order valence-electron chi connectivity index (χ2n) is 5.22. The molecule has 1 aromatic carbocycles. The smallest absolute Gasteiger partial charge is 0.293 e. The first-order valence-electron chi connectivity index (χ1n) is 7.00. The van der Waals surface area contributed by atoms with Crippen molar-refractivity contribution in [2.75, 3.05) is 25.0 Å². The third-order valence-electron chi connectivity index (χ3n) is 3.78. The van der Waals surface area contributed by atoms with Crippen molar-refractivity contribution >= 4 is 23.0 Å². The van der Waals surface area contributed by atoms with Crippen LogP contribution in [0.15, 0.2) is 18.2 Å². The number of anilines is 1. The van der Waals surface area contributed by atoms with Gasteiger partial charge < -0.3 is 5.32 Å². The summed E-state index contributed by atoms with van der Waals surface area (Å²) in [6.07, 6.45) is 3.76. The van der Waals surface area contributed by atoms with Crippen molar-refractivity contribution in [3.05, 3.63) is 33.3 Å². The van der Waals surface area contributed by atoms with Gasteiger partial charge in [0.2, 0.25) is 0 Å². The van der Waals surface area contributed by atoms with Crippen LogP contribution in [0.25, 0.3) is 0 Å². The maximum absolute atomic E-state index is 11.0. The Morgan fingerprint density at radius 2 is 2.10 bits per heavy atom. The van der Waals surface area contributed by atoms with E-state index in [0.29, 0.717) is 23.3 Å². The van der Waals surface area contributed by atoms with Gasteiger partial charge in [0.1, 0.15) is 5.69 Å². The molecule has 0 aliphatic carbocycles. The molecular formula is C14H20ClN3O2. The molecule has 0 radical (unpaired) electrons. The van der Waals surface area contributed by atoms with Gasteiger partial charge in [-0.2, -0.15) is 0 Å². The van der Waals surface area contributed by atoms with E-state index in [-0.39, 0.29) is 5.69 Å². The number of para-hydroxylation sites is 1. The highest BCUT2D eigenvalue weighted by Gasteiger charge is 2.20. The molecule has 0 bridgehead atoms. The molecule has 6 heteroatoms. The van der Waals surface area contributed by atoms with Crippen LogP contribution in [0.2, 0.25) is 5.02 Å². The van der Waals surface area contributed by atoms with Crippen LogP contribution < -0.4 is 5.32 Å². The number of likely N-dealkylation sites (tertiary alicyclic amines) is 1. The van der Waals surface area contributed by atoms with E-state index in [1.54, 1.807) is 12.1 Å². The zero-order valence-electron chi connectivity index (χ0n) is 11.6. The van der Waals surface area contributed by atoms with Crippen molar-refractivity contribution in [1.29, 1.82) is 0 Å². The lowest BCUT2D eigenvalue weighted by molar-refractivity contribution is -0.383. The van der Waals surface area contributed by atoms with Gasteiger partial charge in [0.25, 0.3) is 5.69 Å². The molecule has 0 spiro atoms. The van der Waals surface area contributed by atoms with Gasteiger partial charge in [0.05, 0.1) is 9.95 Å². The molecule has 20 heavy (non-hydrogen) atoms. The maximum Gasteiger partial charge on any atom is 0.293 e. The molecule has 5 nitrogen and oxygen atoms in total. The van der Waals surface area contributed by atoms with Gasteiger partial charge >= 0.3 is 0 Å². The van der Waals surface area contributed by atoms with Gasteiger partial charge in [-0.25, -0.2) is 0 Å². The lowest BCUT2D eigenvalue weighted by Crippen LogP contribution is -2.41. The van der Waals surface area contributed by atoms with E-state index in [4.69, 9.17) is 11.6 Å². The lowest BCUT2D eigenvalue weighted by Gasteiger charge is -2.32. The molecule has 1 saturated heterocycles. The molecule has 1 unspecified atom stereocenters. The van der Waals surface area contributed by atoms with E-state index in [2.05, 4.69) is 17.1 Å². The molecule has 1 heterocycles. The molecular weight excluding hydrogens is 278 g/mol. The summed E-state index contributed by atoms with van der Waals surface area (Å²) in [5.41, 5.74) is 0.450. The predicted octanol–water partition coefficient (Wildman–Crippen LogP) is 3.53. The van der Waals surface area contributed by atoms with Crippen LogP contribution in [0.5, 0.6) is 0 Å².